The zero-order chi connectivity index (χ0) is 24.3. The molecule has 1 aliphatic heterocycles. The Balaban J connectivity index is 1.39. The molecule has 0 radical (unpaired) electrons. The molecular weight excluding hydrogens is 443 g/mol. The number of nitrogens with zero attached hydrogens (tertiary/aromatic N) is 1. The van der Waals surface area contributed by atoms with Gasteiger partial charge in [-0.25, -0.2) is 4.39 Å². The fraction of sp³-hybridized carbons (Fsp3) is 0.310. The summed E-state index contributed by atoms with van der Waals surface area (Å²) in [5, 5.41) is 3.90. The molecule has 1 N–H and O–H groups in total. The summed E-state index contributed by atoms with van der Waals surface area (Å²) in [6.45, 7) is 4.44. The van der Waals surface area contributed by atoms with E-state index >= 15 is 0 Å². The van der Waals surface area contributed by atoms with Crippen molar-refractivity contribution in [1.29, 1.82) is 0 Å². The molecule has 182 valence electrons. The summed E-state index contributed by atoms with van der Waals surface area (Å²) in [7, 11) is 1.73. The predicted molar refractivity (Wildman–Crippen MR) is 136 cm³/mol. The fourth-order valence-electron chi connectivity index (χ4n) is 4.79. The van der Waals surface area contributed by atoms with Gasteiger partial charge < -0.3 is 24.1 Å². The molecule has 5 rings (SSSR count). The molecule has 2 heterocycles. The van der Waals surface area contributed by atoms with Gasteiger partial charge in [0.15, 0.2) is 0 Å². The van der Waals surface area contributed by atoms with Crippen molar-refractivity contribution in [1.82, 2.24) is 4.57 Å². The number of hydrogen-bond donors (Lipinski definition) is 1. The van der Waals surface area contributed by atoms with Gasteiger partial charge in [-0.2, -0.15) is 0 Å². The van der Waals surface area contributed by atoms with Crippen LogP contribution >= 0.6 is 0 Å². The summed E-state index contributed by atoms with van der Waals surface area (Å²) in [6, 6.07) is 25.7. The summed E-state index contributed by atoms with van der Waals surface area (Å²) < 4.78 is 35.6. The molecule has 1 unspecified atom stereocenters. The lowest BCUT2D eigenvalue weighted by molar-refractivity contribution is -0.170. The summed E-state index contributed by atoms with van der Waals surface area (Å²) >= 11 is 0. The molecule has 6 heteroatoms. The Morgan fingerprint density at radius 3 is 2.29 bits per heavy atom. The summed E-state index contributed by atoms with van der Waals surface area (Å²) in [5.74, 6) is -0.272. The first-order chi connectivity index (χ1) is 17.1. The molecule has 0 fully saturated rings. The van der Waals surface area contributed by atoms with Crippen molar-refractivity contribution < 1.29 is 18.6 Å². The van der Waals surface area contributed by atoms with Gasteiger partial charge in [0.2, 0.25) is 0 Å². The van der Waals surface area contributed by atoms with Gasteiger partial charge >= 0.3 is 0 Å². The van der Waals surface area contributed by atoms with Crippen LogP contribution in [-0.4, -0.2) is 30.9 Å². The number of ether oxygens (including phenoxy) is 3. The van der Waals surface area contributed by atoms with Crippen LogP contribution in [0.5, 0.6) is 0 Å². The van der Waals surface area contributed by atoms with Crippen molar-refractivity contribution in [2.75, 3.05) is 25.6 Å². The van der Waals surface area contributed by atoms with Crippen molar-refractivity contribution in [2.24, 2.45) is 0 Å². The third kappa shape index (κ3) is 5.10. The van der Waals surface area contributed by atoms with Crippen molar-refractivity contribution >= 4 is 16.6 Å². The molecule has 0 saturated carbocycles. The molecule has 0 bridgehead atoms. The molecule has 2 atom stereocenters. The van der Waals surface area contributed by atoms with E-state index in [-0.39, 0.29) is 11.9 Å². The summed E-state index contributed by atoms with van der Waals surface area (Å²) in [4.78, 5) is 0. The van der Waals surface area contributed by atoms with Gasteiger partial charge in [-0.3, -0.25) is 0 Å². The number of hydrogen-bond acceptors (Lipinski definition) is 4. The third-order valence-electron chi connectivity index (χ3n) is 6.52. The van der Waals surface area contributed by atoms with Crippen LogP contribution < -0.4 is 5.32 Å². The quantitative estimate of drug-likeness (QED) is 0.330. The van der Waals surface area contributed by atoms with Crippen LogP contribution in [0.4, 0.5) is 10.1 Å². The highest BCUT2D eigenvalue weighted by molar-refractivity contribution is 5.85. The van der Waals surface area contributed by atoms with Crippen molar-refractivity contribution in [3.63, 3.8) is 0 Å². The van der Waals surface area contributed by atoms with E-state index in [0.29, 0.717) is 38.7 Å². The first-order valence-electron chi connectivity index (χ1n) is 12.0. The molecule has 0 saturated heterocycles. The van der Waals surface area contributed by atoms with Crippen LogP contribution in [0.25, 0.3) is 10.9 Å². The minimum Gasteiger partial charge on any atom is -0.386 e. The zero-order valence-electron chi connectivity index (χ0n) is 20.2. The number of anilines is 1. The number of fused-ring (bicyclic) bond motifs is 3. The minimum absolute atomic E-state index is 0.195. The van der Waals surface area contributed by atoms with E-state index in [0.717, 1.165) is 27.7 Å². The van der Waals surface area contributed by atoms with Crippen LogP contribution in [-0.2, 0) is 39.6 Å². The lowest BCUT2D eigenvalue weighted by atomic mass is 10.00. The maximum Gasteiger partial charge on any atom is 0.148 e. The van der Waals surface area contributed by atoms with Crippen LogP contribution in [0.2, 0.25) is 0 Å². The third-order valence-corrected chi connectivity index (χ3v) is 6.52. The smallest absolute Gasteiger partial charge is 0.148 e. The maximum atomic E-state index is 14.7. The molecule has 1 aromatic heterocycles. The van der Waals surface area contributed by atoms with Gasteiger partial charge in [-0.05, 0) is 30.2 Å². The number of rotatable bonds is 9. The highest BCUT2D eigenvalue weighted by Gasteiger charge is 2.39. The summed E-state index contributed by atoms with van der Waals surface area (Å²) in [5.41, 5.74) is 3.83. The van der Waals surface area contributed by atoms with E-state index in [9.17, 15) is 4.39 Å². The second-order valence-electron chi connectivity index (χ2n) is 9.23. The lowest BCUT2D eigenvalue weighted by Crippen LogP contribution is -2.45. The highest BCUT2D eigenvalue weighted by Crippen LogP contribution is 2.38. The van der Waals surface area contributed by atoms with Crippen LogP contribution in [0.1, 0.15) is 23.7 Å². The molecule has 3 aromatic carbocycles. The molecule has 4 aromatic rings. The Morgan fingerprint density at radius 1 is 0.971 bits per heavy atom. The maximum absolute atomic E-state index is 14.7. The molecule has 0 spiro atoms. The Kier molecular flexibility index (Phi) is 6.86. The molecule has 0 aliphatic carbocycles. The molecule has 1 aliphatic rings. The molecule has 0 amide bonds. The number of halogens is 1. The van der Waals surface area contributed by atoms with Crippen molar-refractivity contribution in [3.05, 3.63) is 102 Å². The number of nitrogens with one attached hydrogen (secondary N) is 1. The second-order valence-corrected chi connectivity index (χ2v) is 9.23. The monoisotopic (exact) mass is 474 g/mol. The zero-order valence-corrected chi connectivity index (χ0v) is 20.2. The van der Waals surface area contributed by atoms with Gasteiger partial charge in [-0.1, -0.05) is 60.7 Å². The molecule has 35 heavy (non-hydrogen) atoms. The van der Waals surface area contributed by atoms with E-state index in [1.165, 1.54) is 0 Å². The standard InChI is InChI=1S/C29H31FN2O3/c1-29(20-34-18-22-11-7-4-8-12-22)28-14-23-13-26(31-2)25(30)15-27(23)32(28)16-24(35-29)19-33-17-21-9-5-3-6-10-21/h3-15,24,31H,16-20H2,1-2H3/t24-,29?/m1/s1. The summed E-state index contributed by atoms with van der Waals surface area (Å²) in [6.07, 6.45) is -0.195. The fourth-order valence-corrected chi connectivity index (χ4v) is 4.79. The Bertz CT molecular complexity index is 1280. The Labute approximate surface area is 205 Å². The van der Waals surface area contributed by atoms with Crippen LogP contribution in [0, 0.1) is 5.82 Å². The van der Waals surface area contributed by atoms with Crippen LogP contribution in [0.3, 0.4) is 0 Å². The number of benzene rings is 3. The van der Waals surface area contributed by atoms with Crippen molar-refractivity contribution in [2.45, 2.75) is 38.4 Å². The van der Waals surface area contributed by atoms with Crippen molar-refractivity contribution in [3.8, 4) is 0 Å². The lowest BCUT2D eigenvalue weighted by Gasteiger charge is -2.40. The van der Waals surface area contributed by atoms with Crippen LogP contribution in [0.15, 0.2) is 78.9 Å². The normalized spacial score (nSPS) is 19.6. The average molecular weight is 475 g/mol. The predicted octanol–water partition coefficient (Wildman–Crippen LogP) is 5.87. The first-order valence-corrected chi connectivity index (χ1v) is 12.0. The molecular formula is C29H31FN2O3. The van der Waals surface area contributed by atoms with E-state index in [2.05, 4.69) is 16.0 Å². The minimum atomic E-state index is -0.705. The Morgan fingerprint density at radius 2 is 1.63 bits per heavy atom. The van der Waals surface area contributed by atoms with E-state index in [1.807, 2.05) is 73.7 Å². The van der Waals surface area contributed by atoms with Gasteiger partial charge in [0.05, 0.1) is 49.9 Å². The van der Waals surface area contributed by atoms with Gasteiger partial charge in [0, 0.05) is 18.5 Å². The first kappa shape index (κ1) is 23.5. The van der Waals surface area contributed by atoms with Gasteiger partial charge in [0.1, 0.15) is 17.5 Å². The molecule has 5 nitrogen and oxygen atoms in total. The van der Waals surface area contributed by atoms with Gasteiger partial charge in [-0.15, -0.1) is 0 Å². The second kappa shape index (κ2) is 10.2. The van der Waals surface area contributed by atoms with E-state index < -0.39 is 5.60 Å². The number of aromatic nitrogens is 1. The van der Waals surface area contributed by atoms with E-state index in [1.54, 1.807) is 13.1 Å². The average Bonchev–Trinajstić information content (AvgIpc) is 3.23. The topological polar surface area (TPSA) is 44.7 Å². The SMILES string of the molecule is CNc1cc2cc3n(c2cc1F)C[C@H](COCc1ccccc1)OC3(C)COCc1ccccc1. The highest BCUT2D eigenvalue weighted by atomic mass is 19.1. The Hall–Kier alpha value is -3.19. The largest absolute Gasteiger partial charge is 0.386 e. The van der Waals surface area contributed by atoms with E-state index in [4.69, 9.17) is 14.2 Å². The van der Waals surface area contributed by atoms with Gasteiger partial charge in [0.25, 0.3) is 0 Å².